The Morgan fingerprint density at radius 3 is 1.90 bits per heavy atom. The number of hydrogen-bond acceptors (Lipinski definition) is 6. The molecule has 0 radical (unpaired) electrons. The third kappa shape index (κ3) is 8.14. The van der Waals surface area contributed by atoms with Crippen LogP contribution in [-0.2, 0) is 26.2 Å². The lowest BCUT2D eigenvalue weighted by atomic mass is 10.1. The molecule has 9 nitrogen and oxygen atoms in total. The Labute approximate surface area is 247 Å². The number of anilines is 1. The second-order valence-electron chi connectivity index (χ2n) is 9.62. The Kier molecular flexibility index (Phi) is 11.0. The van der Waals surface area contributed by atoms with E-state index in [0.717, 1.165) is 9.87 Å². The number of carbonyl (C=O) groups is 2. The van der Waals surface area contributed by atoms with Gasteiger partial charge in [0.2, 0.25) is 11.8 Å². The molecule has 0 saturated carbocycles. The van der Waals surface area contributed by atoms with Gasteiger partial charge in [-0.1, -0.05) is 30.7 Å². The minimum Gasteiger partial charge on any atom is -0.497 e. The van der Waals surface area contributed by atoms with Crippen LogP contribution in [0.15, 0.2) is 77.7 Å². The number of carbonyl (C=O) groups excluding carboxylic acids is 2. The van der Waals surface area contributed by atoms with Gasteiger partial charge in [0.05, 0.1) is 24.8 Å². The van der Waals surface area contributed by atoms with Crippen molar-refractivity contribution >= 4 is 39.1 Å². The van der Waals surface area contributed by atoms with E-state index in [1.165, 1.54) is 48.4 Å². The molecule has 0 saturated heterocycles. The quantitative estimate of drug-likeness (QED) is 0.299. The number of rotatable bonds is 13. The standard InChI is InChI=1S/C30H36ClN3O6S/c1-6-28(30(36)32-21(2)3)33(19-22-7-13-25(39-4)14-8-22)29(35)20-34(24-11-9-23(31)10-12-24)41(37,38)27-17-15-26(40-5)16-18-27/h7-18,21,28H,6,19-20H2,1-5H3,(H,32,36)/t28-/m1/s1. The normalized spacial score (nSPS) is 12.0. The van der Waals surface area contributed by atoms with Crippen molar-refractivity contribution in [1.29, 1.82) is 0 Å². The van der Waals surface area contributed by atoms with Crippen molar-refractivity contribution in [2.24, 2.45) is 0 Å². The maximum atomic E-state index is 14.1. The van der Waals surface area contributed by atoms with Crippen molar-refractivity contribution < 1.29 is 27.5 Å². The lowest BCUT2D eigenvalue weighted by molar-refractivity contribution is -0.140. The van der Waals surface area contributed by atoms with E-state index in [-0.39, 0.29) is 29.1 Å². The van der Waals surface area contributed by atoms with E-state index in [9.17, 15) is 18.0 Å². The lowest BCUT2D eigenvalue weighted by Crippen LogP contribution is -2.53. The highest BCUT2D eigenvalue weighted by atomic mass is 35.5. The molecule has 0 aliphatic rings. The fraction of sp³-hybridized carbons (Fsp3) is 0.333. The van der Waals surface area contributed by atoms with Crippen LogP contribution in [0.5, 0.6) is 11.5 Å². The SMILES string of the molecule is CC[C@H](C(=O)NC(C)C)N(Cc1ccc(OC)cc1)C(=O)CN(c1ccc(Cl)cc1)S(=O)(=O)c1ccc(OC)cc1. The molecule has 2 amide bonds. The average Bonchev–Trinajstić information content (AvgIpc) is 2.96. The first-order valence-corrected chi connectivity index (χ1v) is 15.0. The molecule has 0 spiro atoms. The van der Waals surface area contributed by atoms with Crippen LogP contribution < -0.4 is 19.1 Å². The number of ether oxygens (including phenoxy) is 2. The van der Waals surface area contributed by atoms with E-state index >= 15 is 0 Å². The van der Waals surface area contributed by atoms with Gasteiger partial charge in [-0.25, -0.2) is 8.42 Å². The van der Waals surface area contributed by atoms with Crippen LogP contribution in [0.25, 0.3) is 0 Å². The Morgan fingerprint density at radius 1 is 0.878 bits per heavy atom. The van der Waals surface area contributed by atoms with Crippen LogP contribution in [0.4, 0.5) is 5.69 Å². The molecule has 41 heavy (non-hydrogen) atoms. The monoisotopic (exact) mass is 601 g/mol. The van der Waals surface area contributed by atoms with Gasteiger partial charge in [0.1, 0.15) is 24.1 Å². The topological polar surface area (TPSA) is 105 Å². The Morgan fingerprint density at radius 2 is 1.41 bits per heavy atom. The molecule has 3 aromatic carbocycles. The largest absolute Gasteiger partial charge is 0.497 e. The number of hydrogen-bond donors (Lipinski definition) is 1. The summed E-state index contributed by atoms with van der Waals surface area (Å²) in [6.45, 7) is 5.03. The van der Waals surface area contributed by atoms with Gasteiger partial charge < -0.3 is 19.7 Å². The Balaban J connectivity index is 2.05. The van der Waals surface area contributed by atoms with Gasteiger partial charge in [0, 0.05) is 17.6 Å². The zero-order valence-electron chi connectivity index (χ0n) is 23.8. The average molecular weight is 602 g/mol. The highest BCUT2D eigenvalue weighted by Gasteiger charge is 2.34. The molecule has 0 bridgehead atoms. The zero-order chi connectivity index (χ0) is 30.2. The van der Waals surface area contributed by atoms with Crippen LogP contribution in [0, 0.1) is 0 Å². The fourth-order valence-corrected chi connectivity index (χ4v) is 5.78. The van der Waals surface area contributed by atoms with Gasteiger partial charge in [0.25, 0.3) is 10.0 Å². The number of sulfonamides is 1. The highest BCUT2D eigenvalue weighted by Crippen LogP contribution is 2.27. The highest BCUT2D eigenvalue weighted by molar-refractivity contribution is 7.92. The molecule has 0 aliphatic carbocycles. The first-order chi connectivity index (χ1) is 19.5. The zero-order valence-corrected chi connectivity index (χ0v) is 25.4. The predicted octanol–water partition coefficient (Wildman–Crippen LogP) is 4.88. The van der Waals surface area contributed by atoms with Crippen molar-refractivity contribution in [3.8, 4) is 11.5 Å². The van der Waals surface area contributed by atoms with E-state index in [2.05, 4.69) is 5.32 Å². The van der Waals surface area contributed by atoms with E-state index in [0.29, 0.717) is 22.9 Å². The molecule has 0 aliphatic heterocycles. The second kappa shape index (κ2) is 14.2. The first-order valence-electron chi connectivity index (χ1n) is 13.1. The number of halogens is 1. The van der Waals surface area contributed by atoms with Crippen LogP contribution in [0.1, 0.15) is 32.8 Å². The molecule has 0 unspecified atom stereocenters. The Bertz CT molecular complexity index is 1410. The first kappa shape index (κ1) is 31.8. The van der Waals surface area contributed by atoms with Gasteiger partial charge in [-0.3, -0.25) is 13.9 Å². The lowest BCUT2D eigenvalue weighted by Gasteiger charge is -2.33. The van der Waals surface area contributed by atoms with E-state index < -0.39 is 28.5 Å². The third-order valence-electron chi connectivity index (χ3n) is 6.37. The molecule has 0 heterocycles. The van der Waals surface area contributed by atoms with Gasteiger partial charge >= 0.3 is 0 Å². The molecule has 3 aromatic rings. The predicted molar refractivity (Wildman–Crippen MR) is 160 cm³/mol. The summed E-state index contributed by atoms with van der Waals surface area (Å²) < 4.78 is 39.3. The van der Waals surface area contributed by atoms with Crippen LogP contribution in [0.2, 0.25) is 5.02 Å². The molecule has 0 aromatic heterocycles. The molecule has 0 fully saturated rings. The smallest absolute Gasteiger partial charge is 0.264 e. The van der Waals surface area contributed by atoms with Gasteiger partial charge in [-0.05, 0) is 86.5 Å². The van der Waals surface area contributed by atoms with Crippen molar-refractivity contribution in [2.45, 2.75) is 50.7 Å². The molecular formula is C30H36ClN3O6S. The van der Waals surface area contributed by atoms with Crippen LogP contribution in [-0.4, -0.2) is 58.0 Å². The minimum absolute atomic E-state index is 0.0210. The number of benzene rings is 3. The van der Waals surface area contributed by atoms with E-state index in [1.54, 1.807) is 43.5 Å². The van der Waals surface area contributed by atoms with Crippen molar-refractivity contribution in [1.82, 2.24) is 10.2 Å². The maximum absolute atomic E-state index is 14.1. The molecule has 1 atom stereocenters. The number of methoxy groups -OCH3 is 2. The number of nitrogens with zero attached hydrogens (tertiary/aromatic N) is 2. The van der Waals surface area contributed by atoms with Gasteiger partial charge in [-0.15, -0.1) is 0 Å². The van der Waals surface area contributed by atoms with Crippen LogP contribution >= 0.6 is 11.6 Å². The summed E-state index contributed by atoms with van der Waals surface area (Å²) in [5, 5.41) is 3.30. The summed E-state index contributed by atoms with van der Waals surface area (Å²) in [5.74, 6) is 0.278. The van der Waals surface area contributed by atoms with E-state index in [4.69, 9.17) is 21.1 Å². The molecule has 1 N–H and O–H groups in total. The number of amides is 2. The summed E-state index contributed by atoms with van der Waals surface area (Å²) in [7, 11) is -1.16. The molecule has 11 heteroatoms. The van der Waals surface area contributed by atoms with Crippen molar-refractivity contribution in [3.05, 3.63) is 83.4 Å². The molecule has 220 valence electrons. The fourth-order valence-electron chi connectivity index (χ4n) is 4.24. The van der Waals surface area contributed by atoms with Crippen molar-refractivity contribution in [3.63, 3.8) is 0 Å². The third-order valence-corrected chi connectivity index (χ3v) is 8.41. The molecule has 3 rings (SSSR count). The maximum Gasteiger partial charge on any atom is 0.264 e. The van der Waals surface area contributed by atoms with Gasteiger partial charge in [0.15, 0.2) is 0 Å². The summed E-state index contributed by atoms with van der Waals surface area (Å²) in [6, 6.07) is 18.2. The van der Waals surface area contributed by atoms with Crippen molar-refractivity contribution in [2.75, 3.05) is 25.1 Å². The summed E-state index contributed by atoms with van der Waals surface area (Å²) in [4.78, 5) is 28.7. The van der Waals surface area contributed by atoms with Crippen LogP contribution in [0.3, 0.4) is 0 Å². The van der Waals surface area contributed by atoms with Gasteiger partial charge in [-0.2, -0.15) is 0 Å². The summed E-state index contributed by atoms with van der Waals surface area (Å²) >= 11 is 6.08. The Hall–Kier alpha value is -3.76. The minimum atomic E-state index is -4.20. The molecular weight excluding hydrogens is 566 g/mol. The summed E-state index contributed by atoms with van der Waals surface area (Å²) in [5.41, 5.74) is 1.01. The second-order valence-corrected chi connectivity index (χ2v) is 11.9. The number of nitrogens with one attached hydrogen (secondary N) is 1. The van der Waals surface area contributed by atoms with E-state index in [1.807, 2.05) is 20.8 Å². The summed E-state index contributed by atoms with van der Waals surface area (Å²) in [6.07, 6.45) is 0.326.